The van der Waals surface area contributed by atoms with Crippen LogP contribution in [-0.4, -0.2) is 33.9 Å². The molecule has 0 saturated heterocycles. The summed E-state index contributed by atoms with van der Waals surface area (Å²) in [5.41, 5.74) is -0.169. The molecular weight excluding hydrogens is 308 g/mol. The van der Waals surface area contributed by atoms with Crippen molar-refractivity contribution in [1.29, 1.82) is 0 Å². The minimum atomic E-state index is -3.95. The highest BCUT2D eigenvalue weighted by atomic mass is 32.2. The van der Waals surface area contributed by atoms with Gasteiger partial charge in [0.15, 0.2) is 0 Å². The van der Waals surface area contributed by atoms with E-state index in [2.05, 4.69) is 0 Å². The lowest BCUT2D eigenvalue weighted by Crippen LogP contribution is -2.22. The van der Waals surface area contributed by atoms with Gasteiger partial charge in [0.2, 0.25) is 0 Å². The summed E-state index contributed by atoms with van der Waals surface area (Å²) in [6.45, 7) is 3.37. The quantitative estimate of drug-likeness (QED) is 0.428. The highest BCUT2D eigenvalue weighted by Crippen LogP contribution is 2.52. The average Bonchev–Trinajstić information content (AvgIpc) is 3.22. The summed E-state index contributed by atoms with van der Waals surface area (Å²) in [5.74, 6) is -1.12. The Labute approximate surface area is 129 Å². The number of aryl methyl sites for hydroxylation is 1. The summed E-state index contributed by atoms with van der Waals surface area (Å²) in [7, 11) is -3.95. The number of carbonyl (C=O) groups excluding carboxylic acids is 2. The van der Waals surface area contributed by atoms with Gasteiger partial charge in [-0.05, 0) is 32.4 Å². The maximum absolute atomic E-state index is 12.1. The monoisotopic (exact) mass is 326 g/mol. The van der Waals surface area contributed by atoms with E-state index < -0.39 is 27.4 Å². The Balaban J connectivity index is 2.04. The van der Waals surface area contributed by atoms with Crippen LogP contribution in [0.3, 0.4) is 0 Å². The molecule has 1 aliphatic rings. The molecule has 22 heavy (non-hydrogen) atoms. The van der Waals surface area contributed by atoms with Crippen LogP contribution in [0.25, 0.3) is 0 Å². The van der Waals surface area contributed by atoms with Crippen LogP contribution in [0.5, 0.6) is 0 Å². The van der Waals surface area contributed by atoms with Crippen LogP contribution in [-0.2, 0) is 28.6 Å². The molecule has 7 heteroatoms. The van der Waals surface area contributed by atoms with E-state index in [-0.39, 0.29) is 24.5 Å². The van der Waals surface area contributed by atoms with Gasteiger partial charge >= 0.3 is 5.97 Å². The number of aldehydes is 1. The average molecular weight is 326 g/mol. The van der Waals surface area contributed by atoms with Gasteiger partial charge in [0, 0.05) is 0 Å². The van der Waals surface area contributed by atoms with Gasteiger partial charge in [0.25, 0.3) is 10.1 Å². The molecule has 0 amide bonds. The highest BCUT2D eigenvalue weighted by Gasteiger charge is 2.60. The van der Waals surface area contributed by atoms with E-state index >= 15 is 0 Å². The molecular formula is C15H18O6S. The Morgan fingerprint density at radius 1 is 1.36 bits per heavy atom. The Morgan fingerprint density at radius 2 is 2.00 bits per heavy atom. The van der Waals surface area contributed by atoms with E-state index in [0.29, 0.717) is 6.29 Å². The molecule has 1 aromatic rings. The van der Waals surface area contributed by atoms with E-state index in [0.717, 1.165) is 5.56 Å². The molecule has 0 aromatic heterocycles. The van der Waals surface area contributed by atoms with E-state index in [1.54, 1.807) is 19.1 Å². The molecule has 120 valence electrons. The molecule has 0 N–H and O–H groups in total. The van der Waals surface area contributed by atoms with Crippen LogP contribution in [0.4, 0.5) is 0 Å². The van der Waals surface area contributed by atoms with E-state index in [1.165, 1.54) is 12.1 Å². The molecule has 0 aliphatic heterocycles. The molecule has 1 saturated carbocycles. The minimum Gasteiger partial charge on any atom is -0.466 e. The Hall–Kier alpha value is -1.73. The Kier molecular flexibility index (Phi) is 4.67. The lowest BCUT2D eigenvalue weighted by molar-refractivity contribution is -0.146. The topological polar surface area (TPSA) is 86.7 Å². The van der Waals surface area contributed by atoms with Crippen LogP contribution in [0, 0.1) is 18.3 Å². The molecule has 2 unspecified atom stereocenters. The predicted octanol–water partition coefficient (Wildman–Crippen LogP) is 1.47. The third-order valence-corrected chi connectivity index (χ3v) is 4.99. The van der Waals surface area contributed by atoms with Crippen LogP contribution in [0.2, 0.25) is 0 Å². The maximum Gasteiger partial charge on any atom is 0.310 e. The fourth-order valence-corrected chi connectivity index (χ4v) is 3.15. The van der Waals surface area contributed by atoms with Gasteiger partial charge in [-0.2, -0.15) is 8.42 Å². The van der Waals surface area contributed by atoms with E-state index in [9.17, 15) is 18.0 Å². The summed E-state index contributed by atoms with van der Waals surface area (Å²) >= 11 is 0. The van der Waals surface area contributed by atoms with Crippen molar-refractivity contribution in [3.8, 4) is 0 Å². The number of hydrogen-bond donors (Lipinski definition) is 0. The van der Waals surface area contributed by atoms with Gasteiger partial charge in [0.05, 0.1) is 29.4 Å². The molecule has 2 atom stereocenters. The number of benzene rings is 1. The Bertz CT molecular complexity index is 664. The van der Waals surface area contributed by atoms with Crippen molar-refractivity contribution in [3.63, 3.8) is 0 Å². The highest BCUT2D eigenvalue weighted by molar-refractivity contribution is 7.86. The first-order chi connectivity index (χ1) is 10.3. The molecule has 1 aliphatic carbocycles. The zero-order chi connectivity index (χ0) is 16.4. The first-order valence-corrected chi connectivity index (χ1v) is 8.34. The molecule has 0 heterocycles. The first-order valence-electron chi connectivity index (χ1n) is 6.94. The van der Waals surface area contributed by atoms with E-state index in [4.69, 9.17) is 8.92 Å². The third kappa shape index (κ3) is 3.36. The molecule has 0 spiro atoms. The van der Waals surface area contributed by atoms with Crippen molar-refractivity contribution in [2.24, 2.45) is 11.3 Å². The third-order valence-electron chi connectivity index (χ3n) is 3.72. The molecule has 1 aromatic carbocycles. The van der Waals surface area contributed by atoms with Crippen molar-refractivity contribution in [2.75, 3.05) is 13.2 Å². The van der Waals surface area contributed by atoms with Crippen LogP contribution < -0.4 is 0 Å². The van der Waals surface area contributed by atoms with Gasteiger partial charge in [-0.15, -0.1) is 0 Å². The summed E-state index contributed by atoms with van der Waals surface area (Å²) < 4.78 is 34.0. The zero-order valence-corrected chi connectivity index (χ0v) is 13.3. The number of carbonyl (C=O) groups is 2. The standard InChI is InChI=1S/C15H18O6S/c1-3-20-14(17)13-8-15(13,9-16)10-21-22(18,19)12-6-4-11(2)5-7-12/h4-7,9,13H,3,8,10H2,1-2H3. The summed E-state index contributed by atoms with van der Waals surface area (Å²) in [4.78, 5) is 22.9. The van der Waals surface area contributed by atoms with Gasteiger partial charge in [0.1, 0.15) is 6.29 Å². The SMILES string of the molecule is CCOC(=O)C1CC1(C=O)COS(=O)(=O)c1ccc(C)cc1. The van der Waals surface area contributed by atoms with Crippen molar-refractivity contribution < 1.29 is 26.9 Å². The van der Waals surface area contributed by atoms with E-state index in [1.807, 2.05) is 6.92 Å². The normalized spacial score (nSPS) is 23.8. The molecule has 2 rings (SSSR count). The van der Waals surface area contributed by atoms with Gasteiger partial charge in [-0.3, -0.25) is 8.98 Å². The number of ether oxygens (including phenoxy) is 1. The fraction of sp³-hybridized carbons (Fsp3) is 0.467. The molecule has 0 bridgehead atoms. The fourth-order valence-electron chi connectivity index (χ4n) is 2.17. The second kappa shape index (κ2) is 6.18. The van der Waals surface area contributed by atoms with Crippen molar-refractivity contribution >= 4 is 22.4 Å². The summed E-state index contributed by atoms with van der Waals surface area (Å²) in [6.07, 6.45) is 0.831. The lowest BCUT2D eigenvalue weighted by Gasteiger charge is -2.11. The second-order valence-corrected chi connectivity index (χ2v) is 7.00. The lowest BCUT2D eigenvalue weighted by atomic mass is 10.1. The minimum absolute atomic E-state index is 0.0208. The van der Waals surface area contributed by atoms with Crippen molar-refractivity contribution in [3.05, 3.63) is 29.8 Å². The molecule has 6 nitrogen and oxygen atoms in total. The van der Waals surface area contributed by atoms with Gasteiger partial charge < -0.3 is 9.53 Å². The zero-order valence-electron chi connectivity index (χ0n) is 12.4. The van der Waals surface area contributed by atoms with Gasteiger partial charge in [-0.1, -0.05) is 17.7 Å². The predicted molar refractivity (Wildman–Crippen MR) is 77.6 cm³/mol. The largest absolute Gasteiger partial charge is 0.466 e. The van der Waals surface area contributed by atoms with Crippen LogP contribution >= 0.6 is 0 Å². The smallest absolute Gasteiger partial charge is 0.310 e. The van der Waals surface area contributed by atoms with Crippen molar-refractivity contribution in [1.82, 2.24) is 0 Å². The van der Waals surface area contributed by atoms with Gasteiger partial charge in [-0.25, -0.2) is 0 Å². The molecule has 0 radical (unpaired) electrons. The summed E-state index contributed by atoms with van der Waals surface area (Å²) in [5, 5.41) is 0. The van der Waals surface area contributed by atoms with Crippen molar-refractivity contribution in [2.45, 2.75) is 25.2 Å². The van der Waals surface area contributed by atoms with Crippen LogP contribution in [0.15, 0.2) is 29.2 Å². The second-order valence-electron chi connectivity index (χ2n) is 5.39. The first kappa shape index (κ1) is 16.6. The van der Waals surface area contributed by atoms with Crippen LogP contribution in [0.1, 0.15) is 18.9 Å². The Morgan fingerprint density at radius 3 is 2.55 bits per heavy atom. The number of hydrogen-bond acceptors (Lipinski definition) is 6. The molecule has 1 fully saturated rings. The number of esters is 1. The maximum atomic E-state index is 12.1. The summed E-state index contributed by atoms with van der Waals surface area (Å²) in [6, 6.07) is 6.19. The number of rotatable bonds is 7.